The lowest BCUT2D eigenvalue weighted by Crippen LogP contribution is -2.37. The number of morpholine rings is 2. The Morgan fingerprint density at radius 1 is 0.336 bits per heavy atom. The van der Waals surface area contributed by atoms with Crippen molar-refractivity contribution in [1.29, 1.82) is 0 Å². The Balaban J connectivity index is 0.000000188. The molecule has 30 heteroatoms. The number of benzene rings is 12. The zero-order valence-corrected chi connectivity index (χ0v) is 93.0. The second-order valence-corrected chi connectivity index (χ2v) is 38.9. The minimum absolute atomic E-state index is 0.319. The number of ether oxygens (including phenoxy) is 14. The van der Waals surface area contributed by atoms with Gasteiger partial charge in [0.25, 0.3) is 0 Å². The molecule has 0 radical (unpaired) electrons. The molecule has 0 aliphatic carbocycles. The third-order valence-corrected chi connectivity index (χ3v) is 28.1. The van der Waals surface area contributed by atoms with Gasteiger partial charge >= 0.3 is 11.9 Å². The topological polar surface area (TPSA) is 210 Å². The largest absolute Gasteiger partial charge is 0.493 e. The van der Waals surface area contributed by atoms with Gasteiger partial charge in [0.1, 0.15) is 6.11 Å². The van der Waals surface area contributed by atoms with Crippen LogP contribution in [0.2, 0.25) is 25.1 Å². The van der Waals surface area contributed by atoms with E-state index in [1.165, 1.54) is 33.5 Å². The second-order valence-electron chi connectivity index (χ2n) is 32.3. The Morgan fingerprint density at radius 3 is 1.06 bits per heavy atom. The first-order chi connectivity index (χ1) is 67.3. The minimum Gasteiger partial charge on any atom is -0.493 e. The van der Waals surface area contributed by atoms with Gasteiger partial charge in [0.2, 0.25) is 0 Å². The van der Waals surface area contributed by atoms with Gasteiger partial charge in [-0.25, -0.2) is 9.59 Å². The van der Waals surface area contributed by atoms with E-state index in [0.29, 0.717) is 98.5 Å². The number of methoxy groups -OCH3 is 11. The molecule has 0 saturated carbocycles. The van der Waals surface area contributed by atoms with Crippen molar-refractivity contribution in [2.24, 2.45) is 0 Å². The molecule has 12 aromatic carbocycles. The fourth-order valence-electron chi connectivity index (χ4n) is 15.4. The van der Waals surface area contributed by atoms with Crippen LogP contribution in [0.1, 0.15) is 104 Å². The molecule has 2 aliphatic heterocycles. The molecule has 744 valence electrons. The number of terminal acetylenes is 1. The molecule has 12 aromatic rings. The standard InChI is InChI=1S/C21H24BrNO5.C20H24BrNO3.C18H19BrO4.C17H13BrCl2O2.C17H18Cl2O2.C17H18ClIO2/c1-26-19-13-15(12-17(22)20(19)27-2)4-3-14-5-6-18(16(11-14)21(24)25)23-7-9-28-10-8-23;1-23-19-14-16(13-18(21)20(19)24-2)4-3-15-5-7-17(8-6-15)22-9-11-25-12-10-22;1-11-4-6-14(18(20)21)10-13(11)7-5-12-8-15(19)17(23-3)16(9-12)22-2;1-3-22-17-13(18)8-12(10-16(17)21-2)5-4-11-6-7-14(19)15(20)9-11;2*1-11-4-5-12(8-14(11)18)6-7-13-9-15(19)17(21-3)16(10-13)20-2/h5-6,11-13H,3-4,7-10H2,1-2H3,(H,24,25);5-8,13-14H,3-4,9-12H2,1-2H3;4,6,8-10H,5,7H2,1-3H3,(H,20,21);1,6-10H,4-5H2,2H3;2*4-5,8-10H,6-7H2,1-3H3. The lowest BCUT2D eigenvalue weighted by molar-refractivity contribution is 0.0685. The average Bonchev–Trinajstić information content (AvgIpc) is 0.843. The number of aromatic carboxylic acids is 2. The Kier molecular flexibility index (Phi) is 47.4. The summed E-state index contributed by atoms with van der Waals surface area (Å²) in [7, 11) is 17.8. The van der Waals surface area contributed by atoms with Gasteiger partial charge in [-0.15, -0.1) is 0 Å². The summed E-state index contributed by atoms with van der Waals surface area (Å²) in [5.41, 5.74) is 19.8. The first-order valence-corrected chi connectivity index (χ1v) is 50.9. The Morgan fingerprint density at radius 2 is 0.664 bits per heavy atom. The molecule has 0 spiro atoms. The van der Waals surface area contributed by atoms with Crippen LogP contribution in [0.15, 0.2) is 206 Å². The van der Waals surface area contributed by atoms with Crippen LogP contribution in [0.25, 0.3) is 0 Å². The molecule has 2 fully saturated rings. The van der Waals surface area contributed by atoms with E-state index in [1.54, 1.807) is 102 Å². The van der Waals surface area contributed by atoms with Gasteiger partial charge in [0.05, 0.1) is 158 Å². The zero-order chi connectivity index (χ0) is 102. The lowest BCUT2D eigenvalue weighted by atomic mass is 9.98. The molecule has 2 N–H and O–H groups in total. The molecular formula is C110H116Br4Cl5IN2O18. The molecule has 2 saturated heterocycles. The summed E-state index contributed by atoms with van der Waals surface area (Å²) >= 11 is 46.8. The fourth-order valence-corrected chi connectivity index (χ4v) is 19.9. The highest BCUT2D eigenvalue weighted by molar-refractivity contribution is 14.1. The molecule has 140 heavy (non-hydrogen) atoms. The molecule has 0 amide bonds. The number of carboxylic acid groups (broad SMARTS) is 2. The van der Waals surface area contributed by atoms with Crippen LogP contribution >= 0.6 is 144 Å². The first kappa shape index (κ1) is 114. The molecule has 20 nitrogen and oxygen atoms in total. The van der Waals surface area contributed by atoms with Crippen LogP contribution < -0.4 is 66.6 Å². The van der Waals surface area contributed by atoms with Crippen molar-refractivity contribution in [3.05, 3.63) is 329 Å². The monoisotopic (exact) mass is 2370 g/mol. The summed E-state index contributed by atoms with van der Waals surface area (Å²) in [5.74, 6) is 6.25. The van der Waals surface area contributed by atoms with Gasteiger partial charge in [-0.1, -0.05) is 119 Å². The number of nitrogens with zero attached hydrogens (tertiary/aromatic N) is 2. The smallest absolute Gasteiger partial charge is 0.337 e. The van der Waals surface area contributed by atoms with Gasteiger partial charge in [-0.05, 0) is 401 Å². The molecule has 0 atom stereocenters. The number of hydrogen-bond acceptors (Lipinski definition) is 18. The van der Waals surface area contributed by atoms with Gasteiger partial charge in [0, 0.05) is 41.9 Å². The molecular weight excluding hydrogens is 2260 g/mol. The molecule has 0 aromatic heterocycles. The summed E-state index contributed by atoms with van der Waals surface area (Å²) in [5, 5.41) is 22.1. The molecule has 2 aliphatic rings. The predicted molar refractivity (Wildman–Crippen MR) is 586 cm³/mol. The number of carboxylic acids is 2. The van der Waals surface area contributed by atoms with E-state index in [0.717, 1.165) is 219 Å². The number of anilines is 2. The SMILES string of the molecule is C#COc1c(Br)cc(CCc2ccc(Cl)c(Cl)c2)cc1OC.COc1cc(CCc2cc(C(=O)O)ccc2C)cc(Br)c1OC.COc1cc(CCc2ccc(C)c(Cl)c2)cc(Cl)c1OC.COc1cc(CCc2ccc(C)c(Cl)c2)cc(I)c1OC.COc1cc(CCc2ccc(N3CCOCC3)c(C(=O)O)c2)cc(Br)c1OC.COc1cc(CCc2ccc(N3CCOCC3)cc2)cc(Br)c1OC. The summed E-state index contributed by atoms with van der Waals surface area (Å²) in [6, 6.07) is 61.8. The zero-order valence-electron chi connectivity index (χ0n) is 80.7. The highest BCUT2D eigenvalue weighted by atomic mass is 127. The lowest BCUT2D eigenvalue weighted by Gasteiger charge is -2.30. The van der Waals surface area contributed by atoms with Crippen LogP contribution in [0.3, 0.4) is 0 Å². The van der Waals surface area contributed by atoms with Gasteiger partial charge in [-0.3, -0.25) is 0 Å². The fraction of sp³-hybridized carbons (Fsp3) is 0.309. The number of rotatable bonds is 34. The average molecular weight is 2380 g/mol. The van der Waals surface area contributed by atoms with Crippen molar-refractivity contribution >= 4 is 168 Å². The quantitative estimate of drug-likeness (QED) is 0.0284. The number of carbonyl (C=O) groups is 2. The van der Waals surface area contributed by atoms with Crippen molar-refractivity contribution in [1.82, 2.24) is 0 Å². The first-order valence-electron chi connectivity index (χ1n) is 44.7. The number of halogens is 10. The maximum atomic E-state index is 11.8. The highest BCUT2D eigenvalue weighted by Gasteiger charge is 2.23. The van der Waals surface area contributed by atoms with Crippen molar-refractivity contribution in [3.63, 3.8) is 0 Å². The van der Waals surface area contributed by atoms with E-state index < -0.39 is 11.9 Å². The Bertz CT molecular complexity index is 6090. The number of aryl methyl sites for hydroxylation is 15. The van der Waals surface area contributed by atoms with Gasteiger partial charge in [0.15, 0.2) is 69.0 Å². The van der Waals surface area contributed by atoms with E-state index in [-0.39, 0.29) is 0 Å². The summed E-state index contributed by atoms with van der Waals surface area (Å²) in [4.78, 5) is 27.3. The highest BCUT2D eigenvalue weighted by Crippen LogP contribution is 2.43. The molecule has 2 heterocycles. The third-order valence-electron chi connectivity index (χ3n) is 23.1. The molecule has 0 unspecified atom stereocenters. The van der Waals surface area contributed by atoms with Crippen molar-refractivity contribution in [2.45, 2.75) is 97.8 Å². The Hall–Kier alpha value is -9.64. The van der Waals surface area contributed by atoms with Crippen LogP contribution in [0.4, 0.5) is 11.4 Å². The maximum absolute atomic E-state index is 11.8. The van der Waals surface area contributed by atoms with E-state index >= 15 is 0 Å². The summed E-state index contributed by atoms with van der Waals surface area (Å²) in [6.45, 7) is 12.2. The van der Waals surface area contributed by atoms with Crippen molar-refractivity contribution in [2.75, 3.05) is 141 Å². The number of hydrogen-bond donors (Lipinski definition) is 2. The van der Waals surface area contributed by atoms with Crippen molar-refractivity contribution < 1.29 is 86.1 Å². The van der Waals surface area contributed by atoms with Crippen LogP contribution in [0, 0.1) is 36.9 Å². The maximum Gasteiger partial charge on any atom is 0.337 e. The molecule has 14 rings (SSSR count). The van der Waals surface area contributed by atoms with E-state index in [4.69, 9.17) is 136 Å². The van der Waals surface area contributed by atoms with E-state index in [9.17, 15) is 14.7 Å². The van der Waals surface area contributed by atoms with E-state index in [2.05, 4.69) is 157 Å². The summed E-state index contributed by atoms with van der Waals surface area (Å²) < 4.78 is 79.1. The molecule has 0 bridgehead atoms. The minimum atomic E-state index is -0.905. The third kappa shape index (κ3) is 33.8. The van der Waals surface area contributed by atoms with Crippen LogP contribution in [0.5, 0.6) is 69.0 Å². The van der Waals surface area contributed by atoms with E-state index in [1.807, 2.05) is 130 Å². The van der Waals surface area contributed by atoms with Crippen LogP contribution in [-0.2, 0) is 86.5 Å². The normalized spacial score (nSPS) is 11.8. The van der Waals surface area contributed by atoms with Gasteiger partial charge < -0.3 is 86.3 Å². The van der Waals surface area contributed by atoms with Crippen LogP contribution in [-0.4, -0.2) is 153 Å². The second kappa shape index (κ2) is 58.2. The Labute approximate surface area is 894 Å². The summed E-state index contributed by atoms with van der Waals surface area (Å²) in [6.07, 6.45) is 17.6. The predicted octanol–water partition coefficient (Wildman–Crippen LogP) is 27.8. The van der Waals surface area contributed by atoms with Crippen molar-refractivity contribution in [3.8, 4) is 81.5 Å². The van der Waals surface area contributed by atoms with Gasteiger partial charge in [-0.2, -0.15) is 0 Å².